The van der Waals surface area contributed by atoms with Crippen LogP contribution in [0.3, 0.4) is 0 Å². The Bertz CT molecular complexity index is 743. The number of nitrogens with zero attached hydrogens (tertiary/aromatic N) is 2. The van der Waals surface area contributed by atoms with E-state index in [4.69, 9.17) is 4.74 Å². The van der Waals surface area contributed by atoms with Crippen LogP contribution < -0.4 is 15.0 Å². The summed E-state index contributed by atoms with van der Waals surface area (Å²) in [5.41, 5.74) is 1.79. The van der Waals surface area contributed by atoms with Crippen molar-refractivity contribution in [2.45, 2.75) is 13.0 Å². The van der Waals surface area contributed by atoms with Crippen molar-refractivity contribution in [2.75, 3.05) is 43.4 Å². The molecule has 1 heterocycles. The van der Waals surface area contributed by atoms with Crippen LogP contribution in [0.1, 0.15) is 6.92 Å². The summed E-state index contributed by atoms with van der Waals surface area (Å²) >= 11 is 0. The minimum atomic E-state index is -0.694. The molecule has 1 fully saturated rings. The highest BCUT2D eigenvalue weighted by Gasteiger charge is 2.20. The number of halogens is 1. The minimum absolute atomic E-state index is 0.240. The van der Waals surface area contributed by atoms with Crippen LogP contribution in [-0.4, -0.2) is 50.1 Å². The van der Waals surface area contributed by atoms with Crippen molar-refractivity contribution in [3.05, 3.63) is 54.3 Å². The van der Waals surface area contributed by atoms with Gasteiger partial charge in [-0.3, -0.25) is 4.79 Å². The van der Waals surface area contributed by atoms with Gasteiger partial charge in [-0.05, 0) is 50.4 Å². The predicted molar refractivity (Wildman–Crippen MR) is 101 cm³/mol. The predicted octanol–water partition coefficient (Wildman–Crippen LogP) is 2.98. The topological polar surface area (TPSA) is 44.8 Å². The van der Waals surface area contributed by atoms with Crippen molar-refractivity contribution < 1.29 is 13.9 Å². The lowest BCUT2D eigenvalue weighted by atomic mass is 10.2. The van der Waals surface area contributed by atoms with Crippen LogP contribution in [0.25, 0.3) is 0 Å². The Kier molecular flexibility index (Phi) is 5.73. The summed E-state index contributed by atoms with van der Waals surface area (Å²) in [4.78, 5) is 17.1. The summed E-state index contributed by atoms with van der Waals surface area (Å²) in [7, 11) is 2.11. The fourth-order valence-electron chi connectivity index (χ4n) is 2.91. The Hall–Kier alpha value is -2.60. The molecule has 1 N–H and O–H groups in total. The van der Waals surface area contributed by atoms with E-state index in [0.29, 0.717) is 5.75 Å². The Morgan fingerprint density at radius 2 is 1.73 bits per heavy atom. The third kappa shape index (κ3) is 4.52. The van der Waals surface area contributed by atoms with Crippen LogP contribution in [0.4, 0.5) is 15.8 Å². The summed E-state index contributed by atoms with van der Waals surface area (Å²) in [6.45, 7) is 5.51. The number of rotatable bonds is 5. The first kappa shape index (κ1) is 18.2. The number of nitrogens with one attached hydrogen (secondary N) is 1. The van der Waals surface area contributed by atoms with E-state index in [1.165, 1.54) is 24.3 Å². The molecule has 138 valence electrons. The Morgan fingerprint density at radius 1 is 1.08 bits per heavy atom. The average molecular weight is 357 g/mol. The van der Waals surface area contributed by atoms with Crippen molar-refractivity contribution in [2.24, 2.45) is 0 Å². The van der Waals surface area contributed by atoms with Crippen LogP contribution in [0.5, 0.6) is 5.75 Å². The molecule has 3 rings (SSSR count). The molecule has 6 heteroatoms. The van der Waals surface area contributed by atoms with E-state index >= 15 is 0 Å². The largest absolute Gasteiger partial charge is 0.481 e. The highest BCUT2D eigenvalue weighted by molar-refractivity contribution is 5.97. The van der Waals surface area contributed by atoms with Crippen molar-refractivity contribution >= 4 is 17.3 Å². The number of anilines is 2. The van der Waals surface area contributed by atoms with Crippen molar-refractivity contribution in [3.8, 4) is 5.75 Å². The molecule has 0 aliphatic carbocycles. The molecule has 2 aromatic rings. The summed E-state index contributed by atoms with van der Waals surface area (Å²) in [5.74, 6) is -0.118. The van der Waals surface area contributed by atoms with Crippen molar-refractivity contribution in [3.63, 3.8) is 0 Å². The summed E-state index contributed by atoms with van der Waals surface area (Å²) < 4.78 is 18.6. The van der Waals surface area contributed by atoms with Crippen molar-refractivity contribution in [1.29, 1.82) is 0 Å². The van der Waals surface area contributed by atoms with Gasteiger partial charge in [-0.2, -0.15) is 0 Å². The molecule has 5 nitrogen and oxygen atoms in total. The number of benzene rings is 2. The molecule has 0 radical (unpaired) electrons. The molecule has 26 heavy (non-hydrogen) atoms. The Balaban J connectivity index is 1.66. The summed E-state index contributed by atoms with van der Waals surface area (Å²) in [6.07, 6.45) is -0.694. The highest BCUT2D eigenvalue weighted by Crippen LogP contribution is 2.27. The van der Waals surface area contributed by atoms with E-state index in [0.717, 1.165) is 37.6 Å². The van der Waals surface area contributed by atoms with E-state index in [9.17, 15) is 9.18 Å². The number of carbonyl (C=O) groups is 1. The molecular formula is C20H24FN3O2. The van der Waals surface area contributed by atoms with Gasteiger partial charge >= 0.3 is 0 Å². The fourth-order valence-corrected chi connectivity index (χ4v) is 2.91. The number of amides is 1. The maximum absolute atomic E-state index is 13.0. The molecule has 1 unspecified atom stereocenters. The van der Waals surface area contributed by atoms with Gasteiger partial charge in [0.25, 0.3) is 5.91 Å². The van der Waals surface area contributed by atoms with Gasteiger partial charge in [0.05, 0.1) is 11.4 Å². The summed E-state index contributed by atoms with van der Waals surface area (Å²) in [5, 5.41) is 2.96. The molecule has 1 aliphatic rings. The molecule has 0 saturated carbocycles. The highest BCUT2D eigenvalue weighted by atomic mass is 19.1. The zero-order valence-electron chi connectivity index (χ0n) is 15.1. The Morgan fingerprint density at radius 3 is 2.42 bits per heavy atom. The molecule has 0 spiro atoms. The third-order valence-corrected chi connectivity index (χ3v) is 4.50. The van der Waals surface area contributed by atoms with E-state index < -0.39 is 6.10 Å². The van der Waals surface area contributed by atoms with E-state index in [1.54, 1.807) is 6.92 Å². The first-order valence-electron chi connectivity index (χ1n) is 8.78. The van der Waals surface area contributed by atoms with Crippen LogP contribution in [0.2, 0.25) is 0 Å². The minimum Gasteiger partial charge on any atom is -0.481 e. The molecule has 1 amide bonds. The molecular weight excluding hydrogens is 333 g/mol. The fraction of sp³-hybridized carbons (Fsp3) is 0.350. The molecule has 0 bridgehead atoms. The SMILES string of the molecule is CC(Oc1ccc(F)cc1)C(=O)Nc1ccccc1N1CCN(C)CC1. The number of hydrogen-bond donors (Lipinski definition) is 1. The van der Waals surface area contributed by atoms with Gasteiger partial charge in [-0.15, -0.1) is 0 Å². The maximum Gasteiger partial charge on any atom is 0.265 e. The molecule has 1 atom stereocenters. The lowest BCUT2D eigenvalue weighted by molar-refractivity contribution is -0.122. The number of carbonyl (C=O) groups excluding carboxylic acids is 1. The van der Waals surface area contributed by atoms with Gasteiger partial charge in [-0.1, -0.05) is 12.1 Å². The van der Waals surface area contributed by atoms with E-state index in [1.807, 2.05) is 24.3 Å². The third-order valence-electron chi connectivity index (χ3n) is 4.50. The van der Waals surface area contributed by atoms with Gasteiger partial charge < -0.3 is 19.9 Å². The number of likely N-dealkylation sites (N-methyl/N-ethyl adjacent to an activating group) is 1. The monoisotopic (exact) mass is 357 g/mol. The number of para-hydroxylation sites is 2. The normalized spacial score (nSPS) is 16.2. The first-order valence-corrected chi connectivity index (χ1v) is 8.78. The van der Waals surface area contributed by atoms with Crippen molar-refractivity contribution in [1.82, 2.24) is 4.90 Å². The Labute approximate surface area is 153 Å². The maximum atomic E-state index is 13.0. The number of hydrogen-bond acceptors (Lipinski definition) is 4. The lowest BCUT2D eigenvalue weighted by Gasteiger charge is -2.35. The van der Waals surface area contributed by atoms with Gasteiger partial charge in [0.15, 0.2) is 6.10 Å². The smallest absolute Gasteiger partial charge is 0.265 e. The first-order chi connectivity index (χ1) is 12.5. The van der Waals surface area contributed by atoms with Crippen LogP contribution in [0, 0.1) is 5.82 Å². The standard InChI is InChI=1S/C20H24FN3O2/c1-15(26-17-9-7-16(21)8-10-17)20(25)22-18-5-3-4-6-19(18)24-13-11-23(2)12-14-24/h3-10,15H,11-14H2,1-2H3,(H,22,25). The molecule has 1 aliphatic heterocycles. The zero-order chi connectivity index (χ0) is 18.5. The quantitative estimate of drug-likeness (QED) is 0.894. The zero-order valence-corrected chi connectivity index (χ0v) is 15.1. The second-order valence-electron chi connectivity index (χ2n) is 6.51. The molecule has 0 aromatic heterocycles. The second-order valence-corrected chi connectivity index (χ2v) is 6.51. The van der Waals surface area contributed by atoms with Gasteiger partial charge in [0.1, 0.15) is 11.6 Å². The van der Waals surface area contributed by atoms with Crippen LogP contribution in [0.15, 0.2) is 48.5 Å². The molecule has 2 aromatic carbocycles. The number of ether oxygens (including phenoxy) is 1. The van der Waals surface area contributed by atoms with Gasteiger partial charge in [0.2, 0.25) is 0 Å². The van der Waals surface area contributed by atoms with Gasteiger partial charge in [-0.25, -0.2) is 4.39 Å². The molecule has 1 saturated heterocycles. The second kappa shape index (κ2) is 8.19. The van der Waals surface area contributed by atoms with E-state index in [-0.39, 0.29) is 11.7 Å². The van der Waals surface area contributed by atoms with Crippen LogP contribution in [-0.2, 0) is 4.79 Å². The van der Waals surface area contributed by atoms with E-state index in [2.05, 4.69) is 22.2 Å². The average Bonchev–Trinajstić information content (AvgIpc) is 2.65. The number of piperazine rings is 1. The summed E-state index contributed by atoms with van der Waals surface area (Å²) in [6, 6.07) is 13.4. The lowest BCUT2D eigenvalue weighted by Crippen LogP contribution is -2.44. The van der Waals surface area contributed by atoms with Gasteiger partial charge in [0, 0.05) is 26.2 Å². The van der Waals surface area contributed by atoms with Crippen LogP contribution >= 0.6 is 0 Å².